The van der Waals surface area contributed by atoms with Crippen LogP contribution in [0.4, 0.5) is 0 Å². The van der Waals surface area contributed by atoms with Gasteiger partial charge in [-0.05, 0) is 25.8 Å². The van der Waals surface area contributed by atoms with Crippen molar-refractivity contribution in [3.8, 4) is 0 Å². The van der Waals surface area contributed by atoms with E-state index in [1.165, 1.54) is 0 Å². The lowest BCUT2D eigenvalue weighted by Crippen LogP contribution is -2.40. The molecule has 0 amide bonds. The molecule has 0 atom stereocenters. The van der Waals surface area contributed by atoms with Crippen LogP contribution >= 0.6 is 0 Å². The first-order valence-electron chi connectivity index (χ1n) is 5.08. The van der Waals surface area contributed by atoms with Gasteiger partial charge in [-0.15, -0.1) is 0 Å². The summed E-state index contributed by atoms with van der Waals surface area (Å²) in [6, 6.07) is 0. The number of aliphatic hydroxyl groups excluding tert-OH is 1. The SMILES string of the molecule is COC(CN(C)CC1CC(O)C1)OC. The molecular weight excluding hydrogens is 182 g/mol. The Balaban J connectivity index is 2.11. The molecule has 0 unspecified atom stereocenters. The fourth-order valence-corrected chi connectivity index (χ4v) is 1.86. The molecule has 1 saturated carbocycles. The molecule has 1 rings (SSSR count). The van der Waals surface area contributed by atoms with Crippen LogP contribution in [-0.4, -0.2) is 56.8 Å². The van der Waals surface area contributed by atoms with Crippen molar-refractivity contribution in [2.24, 2.45) is 5.92 Å². The van der Waals surface area contributed by atoms with Crippen LogP contribution in [0.5, 0.6) is 0 Å². The zero-order valence-electron chi connectivity index (χ0n) is 9.27. The lowest BCUT2D eigenvalue weighted by atomic mass is 9.82. The highest BCUT2D eigenvalue weighted by Crippen LogP contribution is 2.27. The van der Waals surface area contributed by atoms with E-state index in [2.05, 4.69) is 11.9 Å². The second-order valence-corrected chi connectivity index (χ2v) is 4.11. The van der Waals surface area contributed by atoms with Crippen LogP contribution in [0.2, 0.25) is 0 Å². The average Bonchev–Trinajstić information content (AvgIpc) is 2.11. The molecule has 0 aliphatic heterocycles. The lowest BCUT2D eigenvalue weighted by Gasteiger charge is -2.35. The molecule has 1 fully saturated rings. The van der Waals surface area contributed by atoms with Crippen LogP contribution < -0.4 is 0 Å². The van der Waals surface area contributed by atoms with Crippen molar-refractivity contribution in [1.29, 1.82) is 0 Å². The smallest absolute Gasteiger partial charge is 0.169 e. The van der Waals surface area contributed by atoms with E-state index >= 15 is 0 Å². The summed E-state index contributed by atoms with van der Waals surface area (Å²) in [5, 5.41) is 9.14. The molecule has 1 aliphatic rings. The summed E-state index contributed by atoms with van der Waals surface area (Å²) in [5.74, 6) is 0.643. The van der Waals surface area contributed by atoms with E-state index in [4.69, 9.17) is 14.6 Å². The Hall–Kier alpha value is -0.160. The monoisotopic (exact) mass is 203 g/mol. The highest BCUT2D eigenvalue weighted by atomic mass is 16.7. The van der Waals surface area contributed by atoms with Gasteiger partial charge in [-0.3, -0.25) is 0 Å². The first-order chi connectivity index (χ1) is 6.65. The van der Waals surface area contributed by atoms with E-state index < -0.39 is 0 Å². The van der Waals surface area contributed by atoms with Crippen molar-refractivity contribution in [2.45, 2.75) is 25.2 Å². The number of ether oxygens (including phenoxy) is 2. The van der Waals surface area contributed by atoms with Gasteiger partial charge in [0, 0.05) is 27.3 Å². The Morgan fingerprint density at radius 2 is 1.93 bits per heavy atom. The van der Waals surface area contributed by atoms with E-state index in [1.54, 1.807) is 14.2 Å². The van der Waals surface area contributed by atoms with Crippen molar-refractivity contribution in [1.82, 2.24) is 4.90 Å². The van der Waals surface area contributed by atoms with E-state index in [0.29, 0.717) is 5.92 Å². The van der Waals surface area contributed by atoms with Crippen molar-refractivity contribution in [3.05, 3.63) is 0 Å². The molecule has 0 radical (unpaired) electrons. The summed E-state index contributed by atoms with van der Waals surface area (Å²) >= 11 is 0. The van der Waals surface area contributed by atoms with E-state index in [-0.39, 0.29) is 12.4 Å². The summed E-state index contributed by atoms with van der Waals surface area (Å²) in [7, 11) is 5.35. The number of aliphatic hydroxyl groups is 1. The quantitative estimate of drug-likeness (QED) is 0.631. The first-order valence-corrected chi connectivity index (χ1v) is 5.08. The summed E-state index contributed by atoms with van der Waals surface area (Å²) in [6.45, 7) is 1.79. The Morgan fingerprint density at radius 3 is 2.36 bits per heavy atom. The number of hydrogen-bond acceptors (Lipinski definition) is 4. The third-order valence-corrected chi connectivity index (χ3v) is 2.77. The van der Waals surface area contributed by atoms with Gasteiger partial charge in [0.25, 0.3) is 0 Å². The number of likely N-dealkylation sites (N-methyl/N-ethyl adjacent to an activating group) is 1. The third-order valence-electron chi connectivity index (χ3n) is 2.77. The van der Waals surface area contributed by atoms with Gasteiger partial charge in [-0.25, -0.2) is 0 Å². The largest absolute Gasteiger partial charge is 0.393 e. The molecule has 84 valence electrons. The molecule has 0 aromatic carbocycles. The summed E-state index contributed by atoms with van der Waals surface area (Å²) in [5.41, 5.74) is 0. The standard InChI is InChI=1S/C10H21NO3/c1-11(7-10(13-2)14-3)6-8-4-9(12)5-8/h8-10,12H,4-7H2,1-3H3. The molecule has 4 nitrogen and oxygen atoms in total. The molecule has 1 aliphatic carbocycles. The molecule has 0 bridgehead atoms. The summed E-state index contributed by atoms with van der Waals surface area (Å²) < 4.78 is 10.2. The highest BCUT2D eigenvalue weighted by molar-refractivity contribution is 4.80. The fraction of sp³-hybridized carbons (Fsp3) is 1.00. The maximum absolute atomic E-state index is 9.14. The lowest BCUT2D eigenvalue weighted by molar-refractivity contribution is -0.116. The minimum absolute atomic E-state index is 0.0611. The van der Waals surface area contributed by atoms with Gasteiger partial charge in [-0.1, -0.05) is 0 Å². The van der Waals surface area contributed by atoms with Gasteiger partial charge in [0.2, 0.25) is 0 Å². The molecule has 0 aromatic heterocycles. The van der Waals surface area contributed by atoms with Crippen molar-refractivity contribution in [3.63, 3.8) is 0 Å². The number of rotatable bonds is 6. The van der Waals surface area contributed by atoms with Crippen LogP contribution in [-0.2, 0) is 9.47 Å². The molecule has 0 aromatic rings. The van der Waals surface area contributed by atoms with Crippen molar-refractivity contribution >= 4 is 0 Å². The molecular formula is C10H21NO3. The Bertz CT molecular complexity index is 155. The van der Waals surface area contributed by atoms with E-state index in [1.807, 2.05) is 0 Å². The molecule has 14 heavy (non-hydrogen) atoms. The number of nitrogens with zero attached hydrogens (tertiary/aromatic N) is 1. The van der Waals surface area contributed by atoms with Gasteiger partial charge in [-0.2, -0.15) is 0 Å². The Kier molecular flexibility index (Phi) is 4.81. The van der Waals surface area contributed by atoms with Crippen molar-refractivity contribution in [2.75, 3.05) is 34.4 Å². The van der Waals surface area contributed by atoms with E-state index in [9.17, 15) is 0 Å². The zero-order valence-corrected chi connectivity index (χ0v) is 9.27. The minimum atomic E-state index is -0.148. The predicted octanol–water partition coefficient (Wildman–Crippen LogP) is 0.308. The van der Waals surface area contributed by atoms with Gasteiger partial charge in [0.05, 0.1) is 6.10 Å². The van der Waals surface area contributed by atoms with Crippen LogP contribution in [0.15, 0.2) is 0 Å². The average molecular weight is 203 g/mol. The maximum Gasteiger partial charge on any atom is 0.169 e. The Morgan fingerprint density at radius 1 is 1.36 bits per heavy atom. The van der Waals surface area contributed by atoms with Crippen LogP contribution in [0, 0.1) is 5.92 Å². The van der Waals surface area contributed by atoms with Gasteiger partial charge < -0.3 is 19.5 Å². The van der Waals surface area contributed by atoms with Gasteiger partial charge in [0.15, 0.2) is 6.29 Å². The van der Waals surface area contributed by atoms with Gasteiger partial charge in [0.1, 0.15) is 0 Å². The first kappa shape index (κ1) is 11.9. The third kappa shape index (κ3) is 3.53. The second-order valence-electron chi connectivity index (χ2n) is 4.11. The predicted molar refractivity (Wildman–Crippen MR) is 54.0 cm³/mol. The van der Waals surface area contributed by atoms with Gasteiger partial charge >= 0.3 is 0 Å². The number of methoxy groups -OCH3 is 2. The summed E-state index contributed by atoms with van der Waals surface area (Å²) in [6.07, 6.45) is 1.67. The minimum Gasteiger partial charge on any atom is -0.393 e. The van der Waals surface area contributed by atoms with Crippen LogP contribution in [0.1, 0.15) is 12.8 Å². The molecule has 4 heteroatoms. The van der Waals surface area contributed by atoms with Crippen LogP contribution in [0.25, 0.3) is 0 Å². The van der Waals surface area contributed by atoms with Crippen LogP contribution in [0.3, 0.4) is 0 Å². The zero-order chi connectivity index (χ0) is 10.6. The summed E-state index contributed by atoms with van der Waals surface area (Å²) in [4.78, 5) is 2.19. The Labute approximate surface area is 85.8 Å². The molecule has 0 saturated heterocycles. The second kappa shape index (κ2) is 5.66. The molecule has 0 spiro atoms. The van der Waals surface area contributed by atoms with E-state index in [0.717, 1.165) is 25.9 Å². The topological polar surface area (TPSA) is 41.9 Å². The highest BCUT2D eigenvalue weighted by Gasteiger charge is 2.28. The molecule has 1 N–H and O–H groups in total. The fourth-order valence-electron chi connectivity index (χ4n) is 1.86. The number of hydrogen-bond donors (Lipinski definition) is 1. The van der Waals surface area contributed by atoms with Crippen molar-refractivity contribution < 1.29 is 14.6 Å². The maximum atomic E-state index is 9.14. The normalized spacial score (nSPS) is 27.0. The molecule has 0 heterocycles.